The van der Waals surface area contributed by atoms with E-state index in [9.17, 15) is 21.6 Å². The number of ketones is 1. The normalized spacial score (nSPS) is 24.9. The number of sulfonamides is 2. The lowest BCUT2D eigenvalue weighted by atomic mass is 9.77. The number of hydrogen-bond donors (Lipinski definition) is 1. The predicted octanol–water partition coefficient (Wildman–Crippen LogP) is 1.89. The van der Waals surface area contributed by atoms with Gasteiger partial charge in [0.1, 0.15) is 27.5 Å². The second-order valence-corrected chi connectivity index (χ2v) is 15.1. The zero-order valence-corrected chi connectivity index (χ0v) is 24.7. The number of nitrogens with zero attached hydrogens (tertiary/aromatic N) is 4. The summed E-state index contributed by atoms with van der Waals surface area (Å²) in [6, 6.07) is 7.10. The highest BCUT2D eigenvalue weighted by molar-refractivity contribution is 7.91. The number of aliphatic imine (C=N–C) groups is 1. The first-order valence-corrected chi connectivity index (χ1v) is 15.8. The molecule has 1 spiro atoms. The fourth-order valence-electron chi connectivity index (χ4n) is 5.46. The molecule has 2 N–H and O–H groups in total. The van der Waals surface area contributed by atoms with Crippen LogP contribution >= 0.6 is 0 Å². The Hall–Kier alpha value is -3.10. The molecule has 1 aromatic heterocycles. The highest BCUT2D eigenvalue weighted by Crippen LogP contribution is 2.52. The molecule has 1 saturated heterocycles. The van der Waals surface area contributed by atoms with Crippen LogP contribution < -0.4 is 10.5 Å². The van der Waals surface area contributed by atoms with Crippen molar-refractivity contribution in [2.75, 3.05) is 33.0 Å². The topological polar surface area (TPSA) is 152 Å². The minimum Gasteiger partial charge on any atom is -0.495 e. The summed E-state index contributed by atoms with van der Waals surface area (Å²) in [6.45, 7) is 4.48. The Morgan fingerprint density at radius 1 is 1.25 bits per heavy atom. The van der Waals surface area contributed by atoms with Gasteiger partial charge in [-0.3, -0.25) is 4.79 Å². The molecule has 1 aromatic carbocycles. The number of rotatable bonds is 8. The lowest BCUT2D eigenvalue weighted by molar-refractivity contribution is 0.0988. The molecule has 0 saturated carbocycles. The first-order valence-electron chi connectivity index (χ1n) is 12.7. The third-order valence-corrected chi connectivity index (χ3v) is 12.5. The number of ether oxygens (including phenoxy) is 1. The third kappa shape index (κ3) is 4.85. The smallest absolute Gasteiger partial charge is 0.247 e. The molecule has 0 radical (unpaired) electrons. The van der Waals surface area contributed by atoms with Crippen LogP contribution in [-0.4, -0.2) is 79.9 Å². The van der Waals surface area contributed by atoms with Crippen LogP contribution in [0.4, 0.5) is 4.39 Å². The van der Waals surface area contributed by atoms with Crippen molar-refractivity contribution in [1.82, 2.24) is 13.6 Å². The molecule has 0 bridgehead atoms. The van der Waals surface area contributed by atoms with Crippen molar-refractivity contribution in [2.45, 2.75) is 43.9 Å². The van der Waals surface area contributed by atoms with E-state index in [1.54, 1.807) is 19.9 Å². The second-order valence-electron chi connectivity index (χ2n) is 10.8. The Balaban J connectivity index is 1.80. The third-order valence-electron chi connectivity index (χ3n) is 7.71. The van der Waals surface area contributed by atoms with Crippen molar-refractivity contribution in [1.29, 1.82) is 0 Å². The van der Waals surface area contributed by atoms with E-state index in [0.717, 1.165) is 14.7 Å². The molecule has 0 amide bonds. The van der Waals surface area contributed by atoms with Gasteiger partial charge in [0.25, 0.3) is 0 Å². The number of guanidine groups is 1. The van der Waals surface area contributed by atoms with Crippen molar-refractivity contribution in [2.24, 2.45) is 16.6 Å². The Labute approximate surface area is 234 Å². The molecule has 14 heteroatoms. The van der Waals surface area contributed by atoms with Gasteiger partial charge in [0, 0.05) is 32.1 Å². The van der Waals surface area contributed by atoms with E-state index >= 15 is 4.39 Å². The minimum atomic E-state index is -4.31. The highest BCUT2D eigenvalue weighted by Gasteiger charge is 2.67. The zero-order chi connectivity index (χ0) is 29.7. The molecule has 2 atom stereocenters. The summed E-state index contributed by atoms with van der Waals surface area (Å²) >= 11 is 0. The first-order chi connectivity index (χ1) is 18.6. The van der Waals surface area contributed by atoms with Crippen LogP contribution in [0.1, 0.15) is 48.8 Å². The monoisotopic (exact) mass is 595 g/mol. The Morgan fingerprint density at radius 3 is 2.55 bits per heavy atom. The van der Waals surface area contributed by atoms with Gasteiger partial charge in [-0.2, -0.15) is 0 Å². The molecule has 2 aliphatic heterocycles. The number of methoxy groups -OCH3 is 1. The maximum Gasteiger partial charge on any atom is 0.247 e. The summed E-state index contributed by atoms with van der Waals surface area (Å²) in [4.78, 5) is 21.5. The van der Waals surface area contributed by atoms with Crippen LogP contribution in [0.3, 0.4) is 0 Å². The average Bonchev–Trinajstić information content (AvgIpc) is 3.37. The van der Waals surface area contributed by atoms with Crippen LogP contribution in [0, 0.1) is 11.7 Å². The van der Waals surface area contributed by atoms with E-state index in [1.165, 1.54) is 45.5 Å². The van der Waals surface area contributed by atoms with Crippen molar-refractivity contribution < 1.29 is 30.8 Å². The molecule has 218 valence electrons. The van der Waals surface area contributed by atoms with Crippen LogP contribution in [0.2, 0.25) is 0 Å². The molecule has 3 heterocycles. The summed E-state index contributed by atoms with van der Waals surface area (Å²) in [7, 11) is -5.39. The number of nitrogens with two attached hydrogens (primary N) is 1. The summed E-state index contributed by atoms with van der Waals surface area (Å²) in [5, 5.41) is 0. The van der Waals surface area contributed by atoms with Gasteiger partial charge in [0.15, 0.2) is 5.78 Å². The SMILES string of the molecule is COc1ccc(C(=O)Cc2ccc(F)c([C@@]3(C)N=C(N)N(C)S(=O)(=O)[C@]34CCN(S(=O)(=O)CC(C)C)C4)c2)nc1. The lowest BCUT2D eigenvalue weighted by Crippen LogP contribution is -2.66. The quantitative estimate of drug-likeness (QED) is 0.454. The fourth-order valence-corrected chi connectivity index (χ4v) is 9.52. The molecule has 0 aliphatic carbocycles. The van der Waals surface area contributed by atoms with Crippen LogP contribution in [0.5, 0.6) is 5.75 Å². The summed E-state index contributed by atoms with van der Waals surface area (Å²) in [5.74, 6) is -1.30. The Morgan fingerprint density at radius 2 is 1.95 bits per heavy atom. The Bertz CT molecular complexity index is 1560. The van der Waals surface area contributed by atoms with Crippen molar-refractivity contribution in [3.8, 4) is 5.75 Å². The van der Waals surface area contributed by atoms with Crippen molar-refractivity contribution in [3.05, 3.63) is 59.2 Å². The molecule has 11 nitrogen and oxygen atoms in total. The van der Waals surface area contributed by atoms with Crippen molar-refractivity contribution >= 4 is 31.8 Å². The van der Waals surface area contributed by atoms with Crippen LogP contribution in [0.15, 0.2) is 41.5 Å². The minimum absolute atomic E-state index is 0.0733. The number of carbonyl (C=O) groups is 1. The number of benzene rings is 1. The molecule has 2 aliphatic rings. The van der Waals surface area contributed by atoms with E-state index in [0.29, 0.717) is 11.3 Å². The summed E-state index contributed by atoms with van der Waals surface area (Å²) in [5.41, 5.74) is 4.73. The maximum atomic E-state index is 15.6. The molecule has 1 fully saturated rings. The van der Waals surface area contributed by atoms with Gasteiger partial charge in [-0.25, -0.2) is 39.8 Å². The number of carbonyl (C=O) groups excluding carboxylic acids is 1. The molecule has 2 aromatic rings. The van der Waals surface area contributed by atoms with E-state index in [2.05, 4.69) is 9.98 Å². The fraction of sp³-hybridized carbons (Fsp3) is 0.500. The van der Waals surface area contributed by atoms with Crippen LogP contribution in [0.25, 0.3) is 0 Å². The van der Waals surface area contributed by atoms with Gasteiger partial charge in [-0.15, -0.1) is 0 Å². The Kier molecular flexibility index (Phi) is 7.75. The van der Waals surface area contributed by atoms with Crippen LogP contribution in [-0.2, 0) is 32.0 Å². The predicted molar refractivity (Wildman–Crippen MR) is 148 cm³/mol. The lowest BCUT2D eigenvalue weighted by Gasteiger charge is -2.48. The van der Waals surface area contributed by atoms with E-state index in [4.69, 9.17) is 10.5 Å². The summed E-state index contributed by atoms with van der Waals surface area (Å²) < 4.78 is 75.0. The second kappa shape index (κ2) is 10.4. The van der Waals surface area contributed by atoms with Gasteiger partial charge >= 0.3 is 0 Å². The molecule has 0 unspecified atom stereocenters. The number of pyridine rings is 1. The van der Waals surface area contributed by atoms with Gasteiger partial charge in [-0.05, 0) is 49.1 Å². The molecule has 4 rings (SSSR count). The van der Waals surface area contributed by atoms with Gasteiger partial charge in [0.05, 0.1) is 19.1 Å². The van der Waals surface area contributed by atoms with E-state index in [1.807, 2.05) is 0 Å². The average molecular weight is 596 g/mol. The highest BCUT2D eigenvalue weighted by atomic mass is 32.2. The zero-order valence-electron chi connectivity index (χ0n) is 23.1. The maximum absolute atomic E-state index is 15.6. The number of hydrogen-bond acceptors (Lipinski definition) is 9. The largest absolute Gasteiger partial charge is 0.495 e. The number of aromatic nitrogens is 1. The number of halogens is 1. The number of Topliss-reactive ketones (excluding diaryl/α,β-unsaturated/α-hetero) is 1. The molecule has 40 heavy (non-hydrogen) atoms. The molecular formula is C26H34FN5O6S2. The van der Waals surface area contributed by atoms with E-state index < -0.39 is 42.7 Å². The van der Waals surface area contributed by atoms with E-state index in [-0.39, 0.29) is 54.1 Å². The molecular weight excluding hydrogens is 561 g/mol. The standard InChI is InChI=1S/C26H34FN5O6S2/c1-17(2)15-39(34,35)32-11-10-26(16-32)25(3,30-24(28)31(4)40(26,36)37)20-12-18(6-8-21(20)27)13-23(33)22-9-7-19(38-5)14-29-22/h6-9,12,14,17H,10-11,13,15-16H2,1-5H3,(H2,28,30)/t25-,26+/m1/s1. The first kappa shape index (κ1) is 29.9. The van der Waals surface area contributed by atoms with Gasteiger partial charge < -0.3 is 10.5 Å². The van der Waals surface area contributed by atoms with Gasteiger partial charge in [-0.1, -0.05) is 19.9 Å². The van der Waals surface area contributed by atoms with Gasteiger partial charge in [0.2, 0.25) is 26.0 Å². The van der Waals surface area contributed by atoms with Crippen molar-refractivity contribution in [3.63, 3.8) is 0 Å². The summed E-state index contributed by atoms with van der Waals surface area (Å²) in [6.07, 6.45) is 1.15.